The maximum atomic E-state index is 8.12. The molecule has 0 aliphatic heterocycles. The third-order valence-electron chi connectivity index (χ3n) is 7.38. The zero-order valence-corrected chi connectivity index (χ0v) is 22.7. The van der Waals surface area contributed by atoms with E-state index in [4.69, 9.17) is 21.5 Å². The standard InChI is InChI=1S/C36H25N5/c1-23-14-18-32-29(20-23)30-21-24(2)15-19-33(30)41(32)27-16-17-28(31(22-27)37-3)36-39-34(25-10-6-4-7-11-25)38-35(40-36)26-12-8-5-9-13-26/h4-22H,1-2H3. The smallest absolute Gasteiger partial charge is 0.200 e. The Balaban J connectivity index is 1.43. The number of aromatic nitrogens is 4. The lowest BCUT2D eigenvalue weighted by atomic mass is 10.1. The summed E-state index contributed by atoms with van der Waals surface area (Å²) in [6.07, 6.45) is 0. The highest BCUT2D eigenvalue weighted by molar-refractivity contribution is 6.09. The van der Waals surface area contributed by atoms with E-state index in [1.807, 2.05) is 72.8 Å². The maximum Gasteiger partial charge on any atom is 0.200 e. The van der Waals surface area contributed by atoms with Crippen molar-refractivity contribution in [2.75, 3.05) is 0 Å². The Hall–Kier alpha value is -5.60. The van der Waals surface area contributed by atoms with Crippen LogP contribution < -0.4 is 0 Å². The fraction of sp³-hybridized carbons (Fsp3) is 0.0556. The van der Waals surface area contributed by atoms with Crippen molar-refractivity contribution in [2.24, 2.45) is 0 Å². The lowest BCUT2D eigenvalue weighted by molar-refractivity contribution is 1.07. The van der Waals surface area contributed by atoms with Crippen molar-refractivity contribution in [3.8, 4) is 39.9 Å². The van der Waals surface area contributed by atoms with Crippen LogP contribution in [0.3, 0.4) is 0 Å². The van der Waals surface area contributed by atoms with Crippen LogP contribution >= 0.6 is 0 Å². The molecule has 0 atom stereocenters. The van der Waals surface area contributed by atoms with Crippen molar-refractivity contribution < 1.29 is 0 Å². The number of nitrogens with zero attached hydrogens (tertiary/aromatic N) is 5. The predicted molar refractivity (Wildman–Crippen MR) is 166 cm³/mol. The van der Waals surface area contributed by atoms with E-state index in [1.165, 1.54) is 21.9 Å². The SMILES string of the molecule is [C-]#[N+]c1cc(-n2c3ccc(C)cc3c3cc(C)ccc32)ccc1-c1nc(-c2ccccc2)nc(-c2ccccc2)n1. The molecule has 0 spiro atoms. The molecule has 5 heteroatoms. The normalized spacial score (nSPS) is 11.1. The lowest BCUT2D eigenvalue weighted by Crippen LogP contribution is -2.01. The monoisotopic (exact) mass is 527 g/mol. The molecule has 0 amide bonds. The second kappa shape index (κ2) is 9.86. The van der Waals surface area contributed by atoms with Crippen LogP contribution in [0.5, 0.6) is 0 Å². The van der Waals surface area contributed by atoms with E-state index < -0.39 is 0 Å². The summed E-state index contributed by atoms with van der Waals surface area (Å²) in [5.74, 6) is 1.62. The number of hydrogen-bond acceptors (Lipinski definition) is 3. The molecule has 0 bridgehead atoms. The van der Waals surface area contributed by atoms with Crippen LogP contribution in [0.1, 0.15) is 11.1 Å². The molecule has 2 heterocycles. The van der Waals surface area contributed by atoms with E-state index >= 15 is 0 Å². The highest BCUT2D eigenvalue weighted by atomic mass is 15.0. The van der Waals surface area contributed by atoms with Crippen molar-refractivity contribution in [3.63, 3.8) is 0 Å². The molecule has 194 valence electrons. The Labute approximate surface area is 238 Å². The first-order valence-electron chi connectivity index (χ1n) is 13.5. The molecule has 41 heavy (non-hydrogen) atoms. The van der Waals surface area contributed by atoms with Crippen LogP contribution in [-0.4, -0.2) is 19.5 Å². The summed E-state index contributed by atoms with van der Waals surface area (Å²) in [6.45, 7) is 12.4. The Morgan fingerprint density at radius 2 is 1.07 bits per heavy atom. The quantitative estimate of drug-likeness (QED) is 0.214. The summed E-state index contributed by atoms with van der Waals surface area (Å²) >= 11 is 0. The maximum absolute atomic E-state index is 8.12. The van der Waals surface area contributed by atoms with E-state index in [0.29, 0.717) is 28.7 Å². The van der Waals surface area contributed by atoms with Gasteiger partial charge < -0.3 is 4.57 Å². The molecule has 0 unspecified atom stereocenters. The van der Waals surface area contributed by atoms with Crippen LogP contribution in [-0.2, 0) is 0 Å². The minimum absolute atomic E-state index is 0.476. The van der Waals surface area contributed by atoms with Crippen LogP contribution in [0.4, 0.5) is 5.69 Å². The molecule has 7 aromatic rings. The van der Waals surface area contributed by atoms with Gasteiger partial charge in [-0.25, -0.2) is 19.8 Å². The van der Waals surface area contributed by atoms with Gasteiger partial charge in [0.1, 0.15) is 0 Å². The number of rotatable bonds is 4. The summed E-state index contributed by atoms with van der Waals surface area (Å²) in [7, 11) is 0. The topological polar surface area (TPSA) is 48.0 Å². The molecule has 0 fully saturated rings. The van der Waals surface area contributed by atoms with E-state index in [9.17, 15) is 0 Å². The molecule has 0 aliphatic carbocycles. The molecule has 0 N–H and O–H groups in total. The molecule has 5 nitrogen and oxygen atoms in total. The minimum atomic E-state index is 0.476. The van der Waals surface area contributed by atoms with E-state index in [0.717, 1.165) is 27.8 Å². The van der Waals surface area contributed by atoms with E-state index in [-0.39, 0.29) is 0 Å². The van der Waals surface area contributed by atoms with Gasteiger partial charge in [-0.15, -0.1) is 0 Å². The lowest BCUT2D eigenvalue weighted by Gasteiger charge is -2.12. The third kappa shape index (κ3) is 4.32. The number of aryl methyl sites for hydroxylation is 2. The van der Waals surface area contributed by atoms with Gasteiger partial charge in [-0.3, -0.25) is 0 Å². The molecular weight excluding hydrogens is 502 g/mol. The highest BCUT2D eigenvalue weighted by Crippen LogP contribution is 2.37. The average Bonchev–Trinajstić information content (AvgIpc) is 3.34. The molecular formula is C36H25N5. The summed E-state index contributed by atoms with van der Waals surface area (Å²) < 4.78 is 2.24. The highest BCUT2D eigenvalue weighted by Gasteiger charge is 2.18. The zero-order valence-electron chi connectivity index (χ0n) is 22.7. The number of fused-ring (bicyclic) bond motifs is 3. The summed E-state index contributed by atoms with van der Waals surface area (Å²) in [4.78, 5) is 18.4. The summed E-state index contributed by atoms with van der Waals surface area (Å²) in [6, 6.07) is 38.8. The van der Waals surface area contributed by atoms with Crippen molar-refractivity contribution in [2.45, 2.75) is 13.8 Å². The van der Waals surface area contributed by atoms with Gasteiger partial charge in [-0.1, -0.05) is 90.0 Å². The third-order valence-corrected chi connectivity index (χ3v) is 7.38. The molecule has 0 saturated heterocycles. The van der Waals surface area contributed by atoms with Gasteiger partial charge in [0.05, 0.1) is 17.6 Å². The number of benzene rings is 5. The summed E-state index contributed by atoms with van der Waals surface area (Å²) in [5.41, 5.74) is 8.52. The Morgan fingerprint density at radius 1 is 0.561 bits per heavy atom. The Kier molecular flexibility index (Phi) is 5.88. The molecule has 0 saturated carbocycles. The van der Waals surface area contributed by atoms with Crippen molar-refractivity contribution in [1.82, 2.24) is 19.5 Å². The van der Waals surface area contributed by atoms with Crippen LogP contribution in [0.25, 0.3) is 66.5 Å². The minimum Gasteiger partial charge on any atom is -0.311 e. The Bertz CT molecular complexity index is 2000. The first kappa shape index (κ1) is 24.4. The van der Waals surface area contributed by atoms with Crippen molar-refractivity contribution in [1.29, 1.82) is 0 Å². The van der Waals surface area contributed by atoms with Crippen molar-refractivity contribution in [3.05, 3.63) is 138 Å². The average molecular weight is 528 g/mol. The van der Waals surface area contributed by atoms with Crippen LogP contribution in [0.15, 0.2) is 115 Å². The van der Waals surface area contributed by atoms with Gasteiger partial charge in [0.15, 0.2) is 23.2 Å². The van der Waals surface area contributed by atoms with Gasteiger partial charge in [0.2, 0.25) is 0 Å². The van der Waals surface area contributed by atoms with Crippen LogP contribution in [0, 0.1) is 20.4 Å². The largest absolute Gasteiger partial charge is 0.311 e. The van der Waals surface area contributed by atoms with Crippen molar-refractivity contribution >= 4 is 27.5 Å². The second-order valence-corrected chi connectivity index (χ2v) is 10.2. The second-order valence-electron chi connectivity index (χ2n) is 10.2. The molecule has 2 aromatic heterocycles. The zero-order chi connectivity index (χ0) is 27.9. The Morgan fingerprint density at radius 3 is 1.59 bits per heavy atom. The van der Waals surface area contributed by atoms with Crippen LogP contribution in [0.2, 0.25) is 0 Å². The predicted octanol–water partition coefficient (Wildman–Crippen LogP) is 9.14. The van der Waals surface area contributed by atoms with Gasteiger partial charge in [-0.2, -0.15) is 0 Å². The fourth-order valence-corrected chi connectivity index (χ4v) is 5.40. The fourth-order valence-electron chi connectivity index (χ4n) is 5.40. The number of hydrogen-bond donors (Lipinski definition) is 0. The molecule has 7 rings (SSSR count). The molecule has 5 aromatic carbocycles. The van der Waals surface area contributed by atoms with Gasteiger partial charge in [-0.05, 0) is 50.2 Å². The molecule has 0 aliphatic rings. The van der Waals surface area contributed by atoms with Gasteiger partial charge in [0, 0.05) is 33.2 Å². The van der Waals surface area contributed by atoms with Gasteiger partial charge >= 0.3 is 0 Å². The summed E-state index contributed by atoms with van der Waals surface area (Å²) in [5, 5.41) is 2.41. The first-order chi connectivity index (χ1) is 20.1. The van der Waals surface area contributed by atoms with E-state index in [2.05, 4.69) is 65.7 Å². The van der Waals surface area contributed by atoms with E-state index in [1.54, 1.807) is 0 Å². The van der Waals surface area contributed by atoms with Gasteiger partial charge in [0.25, 0.3) is 0 Å². The first-order valence-corrected chi connectivity index (χ1v) is 13.5. The molecule has 0 radical (unpaired) electrons.